The summed E-state index contributed by atoms with van der Waals surface area (Å²) in [5.41, 5.74) is 5.60. The van der Waals surface area contributed by atoms with Crippen LogP contribution in [0.4, 0.5) is 4.39 Å². The van der Waals surface area contributed by atoms with Gasteiger partial charge in [0.25, 0.3) is 0 Å². The normalized spacial score (nSPS) is 15.6. The molecule has 0 radical (unpaired) electrons. The molecule has 3 aromatic carbocycles. The van der Waals surface area contributed by atoms with Crippen molar-refractivity contribution in [2.24, 2.45) is 5.41 Å². The van der Waals surface area contributed by atoms with E-state index in [1.165, 1.54) is 6.07 Å². The van der Waals surface area contributed by atoms with Crippen molar-refractivity contribution < 1.29 is 18.7 Å². The Morgan fingerprint density at radius 1 is 1.00 bits per heavy atom. The van der Waals surface area contributed by atoms with Crippen LogP contribution in [-0.2, 0) is 11.4 Å². The number of hydrogen-bond donors (Lipinski definition) is 1. The maximum Gasteiger partial charge on any atom is 0.244 e. The fraction of sp³-hybridized carbons (Fsp3) is 0.417. The first-order valence-corrected chi connectivity index (χ1v) is 14.8. The van der Waals surface area contributed by atoms with Gasteiger partial charge in [0.2, 0.25) is 5.91 Å². The summed E-state index contributed by atoms with van der Waals surface area (Å²) in [5.74, 6) is 1.31. The molecular weight excluding hydrogens is 513 g/mol. The highest BCUT2D eigenvalue weighted by Crippen LogP contribution is 2.51. The van der Waals surface area contributed by atoms with E-state index < -0.39 is 0 Å². The molecule has 0 heterocycles. The van der Waals surface area contributed by atoms with Crippen LogP contribution in [0.25, 0.3) is 16.7 Å². The van der Waals surface area contributed by atoms with Gasteiger partial charge in [0, 0.05) is 18.7 Å². The summed E-state index contributed by atoms with van der Waals surface area (Å²) in [6, 6.07) is 18.9. The van der Waals surface area contributed by atoms with Crippen molar-refractivity contribution in [3.8, 4) is 22.6 Å². The van der Waals surface area contributed by atoms with Crippen molar-refractivity contribution in [2.45, 2.75) is 80.3 Å². The van der Waals surface area contributed by atoms with Gasteiger partial charge in [0.15, 0.2) is 0 Å². The van der Waals surface area contributed by atoms with Crippen LogP contribution in [0.15, 0.2) is 66.7 Å². The van der Waals surface area contributed by atoms with Gasteiger partial charge >= 0.3 is 0 Å². The Hall–Kier alpha value is -3.60. The Kier molecular flexibility index (Phi) is 13.1. The van der Waals surface area contributed by atoms with E-state index in [0.717, 1.165) is 52.8 Å². The lowest BCUT2D eigenvalue weighted by molar-refractivity contribution is -0.116. The van der Waals surface area contributed by atoms with Crippen LogP contribution in [0, 0.1) is 11.2 Å². The van der Waals surface area contributed by atoms with Gasteiger partial charge in [-0.15, -0.1) is 0 Å². The molecular formula is C36H48FNO3. The van der Waals surface area contributed by atoms with Crippen molar-refractivity contribution in [3.05, 3.63) is 89.2 Å². The summed E-state index contributed by atoms with van der Waals surface area (Å²) in [7, 11) is 3.21. The summed E-state index contributed by atoms with van der Waals surface area (Å²) in [6.07, 6.45) is 4.96. The molecule has 1 atom stereocenters. The number of allylic oxidation sites excluding steroid dienone is 1. The maximum atomic E-state index is 15.0. The minimum absolute atomic E-state index is 0.131. The molecule has 1 fully saturated rings. The molecule has 0 aromatic heterocycles. The van der Waals surface area contributed by atoms with E-state index in [9.17, 15) is 4.79 Å². The molecule has 222 valence electrons. The monoisotopic (exact) mass is 561 g/mol. The van der Waals surface area contributed by atoms with Gasteiger partial charge in [0.05, 0.1) is 7.11 Å². The fourth-order valence-corrected chi connectivity index (χ4v) is 5.33. The molecule has 5 heteroatoms. The van der Waals surface area contributed by atoms with Crippen molar-refractivity contribution in [3.63, 3.8) is 0 Å². The topological polar surface area (TPSA) is 47.6 Å². The smallest absolute Gasteiger partial charge is 0.244 e. The lowest BCUT2D eigenvalue weighted by Crippen LogP contribution is -2.17. The van der Waals surface area contributed by atoms with Gasteiger partial charge < -0.3 is 14.8 Å². The van der Waals surface area contributed by atoms with Crippen molar-refractivity contribution >= 4 is 11.5 Å². The molecule has 3 aromatic rings. The van der Waals surface area contributed by atoms with E-state index >= 15 is 4.39 Å². The number of nitrogens with one attached hydrogen (secondary N) is 1. The number of hydrogen-bond acceptors (Lipinski definition) is 3. The number of carbonyl (C=O) groups excluding carboxylic acids is 1. The van der Waals surface area contributed by atoms with Gasteiger partial charge in [-0.1, -0.05) is 78.3 Å². The fourth-order valence-electron chi connectivity index (χ4n) is 5.33. The molecule has 41 heavy (non-hydrogen) atoms. The summed E-state index contributed by atoms with van der Waals surface area (Å²) in [6.45, 7) is 14.9. The van der Waals surface area contributed by atoms with Gasteiger partial charge in [-0.25, -0.2) is 4.39 Å². The zero-order valence-corrected chi connectivity index (χ0v) is 26.4. The highest BCUT2D eigenvalue weighted by atomic mass is 19.1. The zero-order chi connectivity index (χ0) is 30.6. The molecule has 0 aliphatic heterocycles. The number of amides is 1. The number of carbonyl (C=O) groups is 1. The third-order valence-corrected chi connectivity index (χ3v) is 7.50. The molecule has 1 unspecified atom stereocenters. The molecule has 4 rings (SSSR count). The number of halogens is 1. The summed E-state index contributed by atoms with van der Waals surface area (Å²) in [5, 5.41) is 2.61. The lowest BCUT2D eigenvalue weighted by Gasteiger charge is -2.30. The molecule has 0 spiro atoms. The van der Waals surface area contributed by atoms with E-state index in [4.69, 9.17) is 9.47 Å². The molecule has 1 amide bonds. The standard InChI is InChI=1S/C32H36FNO3.2C2H6/c1-21(16-31(35)34-4)23-8-6-9-25(18-23)37-20-22-11-13-26(28-19-24(36-5)12-14-30(28)33)27(17-22)29-10-7-15-32(29,2)3;2*1-2/h6,8-9,11-14,16-19,29H,7,10,15,20H2,1-5H3,(H,34,35);2*1-2H3/b21-16+;;. The lowest BCUT2D eigenvalue weighted by atomic mass is 9.75. The molecule has 4 nitrogen and oxygen atoms in total. The minimum atomic E-state index is -0.251. The van der Waals surface area contributed by atoms with Crippen LogP contribution in [-0.4, -0.2) is 20.1 Å². The number of ether oxygens (including phenoxy) is 2. The minimum Gasteiger partial charge on any atom is -0.497 e. The van der Waals surface area contributed by atoms with Crippen molar-refractivity contribution in [2.75, 3.05) is 14.2 Å². The van der Waals surface area contributed by atoms with Crippen LogP contribution >= 0.6 is 0 Å². The van der Waals surface area contributed by atoms with Gasteiger partial charge in [-0.2, -0.15) is 0 Å². The molecule has 1 saturated carbocycles. The van der Waals surface area contributed by atoms with Gasteiger partial charge in [0.1, 0.15) is 23.9 Å². The Bertz CT molecular complexity index is 1310. The van der Waals surface area contributed by atoms with E-state index in [0.29, 0.717) is 23.8 Å². The predicted molar refractivity (Wildman–Crippen MR) is 170 cm³/mol. The van der Waals surface area contributed by atoms with Crippen LogP contribution in [0.1, 0.15) is 90.3 Å². The highest BCUT2D eigenvalue weighted by molar-refractivity contribution is 5.94. The second-order valence-corrected chi connectivity index (χ2v) is 10.5. The number of benzene rings is 3. The third kappa shape index (κ3) is 8.69. The summed E-state index contributed by atoms with van der Waals surface area (Å²) < 4.78 is 26.6. The third-order valence-electron chi connectivity index (χ3n) is 7.50. The first kappa shape index (κ1) is 33.6. The zero-order valence-electron chi connectivity index (χ0n) is 26.4. The van der Waals surface area contributed by atoms with Crippen molar-refractivity contribution in [1.29, 1.82) is 0 Å². The van der Waals surface area contributed by atoms with Crippen LogP contribution in [0.2, 0.25) is 0 Å². The molecule has 1 N–H and O–H groups in total. The SMILES string of the molecule is CC.CC.CNC(=O)/C=C(\C)c1cccc(OCc2ccc(-c3cc(OC)ccc3F)c(C3CCCC3(C)C)c2)c1. The van der Waals surface area contributed by atoms with Gasteiger partial charge in [-0.05, 0) is 89.3 Å². The number of methoxy groups -OCH3 is 1. The van der Waals surface area contributed by atoms with Crippen molar-refractivity contribution in [1.82, 2.24) is 5.32 Å². The van der Waals surface area contributed by atoms with E-state index in [1.807, 2.05) is 71.0 Å². The average molecular weight is 562 g/mol. The van der Waals surface area contributed by atoms with E-state index in [-0.39, 0.29) is 17.1 Å². The van der Waals surface area contributed by atoms with Crippen LogP contribution < -0.4 is 14.8 Å². The average Bonchev–Trinajstić information content (AvgIpc) is 3.36. The first-order valence-electron chi connectivity index (χ1n) is 14.8. The maximum absolute atomic E-state index is 15.0. The molecule has 1 aliphatic carbocycles. The Balaban J connectivity index is 0.00000141. The second kappa shape index (κ2) is 16.0. The Morgan fingerprint density at radius 2 is 1.73 bits per heavy atom. The van der Waals surface area contributed by atoms with E-state index in [1.54, 1.807) is 32.4 Å². The largest absolute Gasteiger partial charge is 0.497 e. The molecule has 0 bridgehead atoms. The quantitative estimate of drug-likeness (QED) is 0.279. The van der Waals surface area contributed by atoms with Crippen LogP contribution in [0.3, 0.4) is 0 Å². The summed E-state index contributed by atoms with van der Waals surface area (Å²) in [4.78, 5) is 11.7. The van der Waals surface area contributed by atoms with Crippen LogP contribution in [0.5, 0.6) is 11.5 Å². The Labute approximate surface area is 247 Å². The number of likely N-dealkylation sites (N-methyl/N-ethyl adjacent to an activating group) is 1. The van der Waals surface area contributed by atoms with Gasteiger partial charge in [-0.3, -0.25) is 4.79 Å². The highest BCUT2D eigenvalue weighted by Gasteiger charge is 2.37. The van der Waals surface area contributed by atoms with E-state index in [2.05, 4.69) is 25.2 Å². The summed E-state index contributed by atoms with van der Waals surface area (Å²) >= 11 is 0. The number of rotatable bonds is 8. The first-order chi connectivity index (χ1) is 19.7. The molecule has 1 aliphatic rings. The second-order valence-electron chi connectivity index (χ2n) is 10.5. The predicted octanol–water partition coefficient (Wildman–Crippen LogP) is 9.58. The molecule has 0 saturated heterocycles. The Morgan fingerprint density at radius 3 is 2.37 bits per heavy atom.